The highest BCUT2D eigenvalue weighted by molar-refractivity contribution is 6.26. The van der Waals surface area contributed by atoms with E-state index in [4.69, 9.17) is 16.3 Å². The van der Waals surface area contributed by atoms with Crippen LogP contribution in [0.15, 0.2) is 42.5 Å². The van der Waals surface area contributed by atoms with E-state index in [-0.39, 0.29) is 5.88 Å². The van der Waals surface area contributed by atoms with Gasteiger partial charge >= 0.3 is 5.97 Å². The van der Waals surface area contributed by atoms with E-state index >= 15 is 0 Å². The molecule has 0 radical (unpaired) electrons. The molecule has 0 aliphatic heterocycles. The van der Waals surface area contributed by atoms with Crippen LogP contribution in [-0.4, -0.2) is 11.8 Å². The summed E-state index contributed by atoms with van der Waals surface area (Å²) in [5.41, 5.74) is 0. The van der Waals surface area contributed by atoms with Crippen molar-refractivity contribution in [1.82, 2.24) is 0 Å². The zero-order valence-corrected chi connectivity index (χ0v) is 8.70. The topological polar surface area (TPSA) is 26.3 Å². The van der Waals surface area contributed by atoms with E-state index in [1.165, 1.54) is 0 Å². The molecule has 0 spiro atoms. The molecule has 0 saturated carbocycles. The third-order valence-corrected chi connectivity index (χ3v) is 2.30. The minimum absolute atomic E-state index is 0.136. The fourth-order valence-corrected chi connectivity index (χ4v) is 1.49. The Hall–Kier alpha value is -1.54. The molecule has 2 nitrogen and oxygen atoms in total. The SMILES string of the molecule is O=C(CCl)Oc1cccc2ccccc12. The second-order valence-corrected chi connectivity index (χ2v) is 3.35. The maximum atomic E-state index is 11.1. The Morgan fingerprint density at radius 1 is 1.13 bits per heavy atom. The fraction of sp³-hybridized carbons (Fsp3) is 0.0833. The van der Waals surface area contributed by atoms with E-state index in [9.17, 15) is 4.79 Å². The second-order valence-electron chi connectivity index (χ2n) is 3.08. The molecule has 15 heavy (non-hydrogen) atoms. The van der Waals surface area contributed by atoms with Gasteiger partial charge in [-0.05, 0) is 11.5 Å². The van der Waals surface area contributed by atoms with Crippen molar-refractivity contribution in [3.05, 3.63) is 42.5 Å². The van der Waals surface area contributed by atoms with Gasteiger partial charge in [0.15, 0.2) is 0 Å². The van der Waals surface area contributed by atoms with Crippen molar-refractivity contribution in [2.75, 3.05) is 5.88 Å². The lowest BCUT2D eigenvalue weighted by atomic mass is 10.1. The van der Waals surface area contributed by atoms with Gasteiger partial charge in [0.2, 0.25) is 0 Å². The molecule has 2 rings (SSSR count). The van der Waals surface area contributed by atoms with E-state index in [0.717, 1.165) is 10.8 Å². The molecule has 0 aromatic heterocycles. The van der Waals surface area contributed by atoms with Gasteiger partial charge in [-0.15, -0.1) is 11.6 Å². The lowest BCUT2D eigenvalue weighted by molar-refractivity contribution is -0.131. The summed E-state index contributed by atoms with van der Waals surface area (Å²) in [5.74, 6) is -0.0183. The zero-order chi connectivity index (χ0) is 10.7. The summed E-state index contributed by atoms with van der Waals surface area (Å²) >= 11 is 5.38. The van der Waals surface area contributed by atoms with Crippen LogP contribution in [0.25, 0.3) is 10.8 Å². The maximum absolute atomic E-state index is 11.1. The van der Waals surface area contributed by atoms with Crippen molar-refractivity contribution in [1.29, 1.82) is 0 Å². The minimum atomic E-state index is -0.437. The third kappa shape index (κ3) is 2.10. The molecule has 0 bridgehead atoms. The molecular weight excluding hydrogens is 212 g/mol. The lowest BCUT2D eigenvalue weighted by Crippen LogP contribution is -2.08. The molecule has 0 aliphatic carbocycles. The van der Waals surface area contributed by atoms with Crippen LogP contribution in [0.4, 0.5) is 0 Å². The van der Waals surface area contributed by atoms with Crippen LogP contribution >= 0.6 is 11.6 Å². The first kappa shape index (κ1) is 9.99. The third-order valence-electron chi connectivity index (χ3n) is 2.08. The monoisotopic (exact) mass is 220 g/mol. The van der Waals surface area contributed by atoms with Gasteiger partial charge in [-0.1, -0.05) is 36.4 Å². The van der Waals surface area contributed by atoms with Gasteiger partial charge in [-0.25, -0.2) is 0 Å². The Labute approximate surface area is 92.4 Å². The number of fused-ring (bicyclic) bond motifs is 1. The summed E-state index contributed by atoms with van der Waals surface area (Å²) in [4.78, 5) is 11.1. The summed E-state index contributed by atoms with van der Waals surface area (Å²) in [6.45, 7) is 0. The second kappa shape index (κ2) is 4.32. The highest BCUT2D eigenvalue weighted by atomic mass is 35.5. The molecule has 3 heteroatoms. The van der Waals surface area contributed by atoms with Crippen LogP contribution < -0.4 is 4.74 Å². The van der Waals surface area contributed by atoms with Crippen LogP contribution in [0.2, 0.25) is 0 Å². The molecule has 0 aliphatic rings. The number of hydrogen-bond donors (Lipinski definition) is 0. The number of ether oxygens (including phenoxy) is 1. The van der Waals surface area contributed by atoms with Crippen LogP contribution in [0.3, 0.4) is 0 Å². The number of alkyl halides is 1. The smallest absolute Gasteiger partial charge is 0.326 e. The van der Waals surface area contributed by atoms with Crippen molar-refractivity contribution in [2.45, 2.75) is 0 Å². The highest BCUT2D eigenvalue weighted by Crippen LogP contribution is 2.25. The maximum Gasteiger partial charge on any atom is 0.326 e. The van der Waals surface area contributed by atoms with Crippen LogP contribution in [-0.2, 0) is 4.79 Å². The summed E-state index contributed by atoms with van der Waals surface area (Å²) in [5, 5.41) is 1.95. The van der Waals surface area contributed by atoms with Gasteiger partial charge in [0.25, 0.3) is 0 Å². The summed E-state index contributed by atoms with van der Waals surface area (Å²) < 4.78 is 5.11. The Balaban J connectivity index is 2.46. The van der Waals surface area contributed by atoms with E-state index < -0.39 is 5.97 Å². The number of rotatable bonds is 2. The number of carbonyl (C=O) groups is 1. The van der Waals surface area contributed by atoms with Crippen molar-refractivity contribution >= 4 is 28.3 Å². The highest BCUT2D eigenvalue weighted by Gasteiger charge is 2.05. The normalized spacial score (nSPS) is 10.2. The van der Waals surface area contributed by atoms with E-state index in [1.807, 2.05) is 36.4 Å². The Bertz CT molecular complexity index is 488. The first-order chi connectivity index (χ1) is 7.31. The molecule has 0 atom stereocenters. The number of benzene rings is 2. The van der Waals surface area contributed by atoms with Crippen LogP contribution in [0, 0.1) is 0 Å². The molecule has 0 amide bonds. The Morgan fingerprint density at radius 2 is 1.87 bits per heavy atom. The predicted molar refractivity (Wildman–Crippen MR) is 60.3 cm³/mol. The summed E-state index contributed by atoms with van der Waals surface area (Å²) in [6.07, 6.45) is 0. The van der Waals surface area contributed by atoms with E-state index in [2.05, 4.69) is 0 Å². The van der Waals surface area contributed by atoms with Crippen molar-refractivity contribution in [3.63, 3.8) is 0 Å². The minimum Gasteiger partial charge on any atom is -0.425 e. The quantitative estimate of drug-likeness (QED) is 0.442. The summed E-state index contributed by atoms with van der Waals surface area (Å²) in [7, 11) is 0. The van der Waals surface area contributed by atoms with Gasteiger partial charge in [-0.3, -0.25) is 4.79 Å². The number of halogens is 1. The first-order valence-electron chi connectivity index (χ1n) is 4.55. The molecule has 0 fully saturated rings. The largest absolute Gasteiger partial charge is 0.425 e. The van der Waals surface area contributed by atoms with Gasteiger partial charge in [-0.2, -0.15) is 0 Å². The number of carbonyl (C=O) groups excluding carboxylic acids is 1. The molecule has 0 unspecified atom stereocenters. The first-order valence-corrected chi connectivity index (χ1v) is 5.09. The van der Waals surface area contributed by atoms with E-state index in [1.54, 1.807) is 6.07 Å². The van der Waals surface area contributed by atoms with Gasteiger partial charge in [0.05, 0.1) is 0 Å². The fourth-order valence-electron chi connectivity index (χ4n) is 1.43. The number of hydrogen-bond acceptors (Lipinski definition) is 2. The molecule has 0 N–H and O–H groups in total. The molecule has 2 aromatic carbocycles. The molecular formula is C12H9ClO2. The van der Waals surface area contributed by atoms with Gasteiger partial charge in [0, 0.05) is 5.39 Å². The average molecular weight is 221 g/mol. The Morgan fingerprint density at radius 3 is 2.67 bits per heavy atom. The molecule has 2 aromatic rings. The van der Waals surface area contributed by atoms with Crippen molar-refractivity contribution < 1.29 is 9.53 Å². The summed E-state index contributed by atoms with van der Waals surface area (Å²) in [6, 6.07) is 13.3. The van der Waals surface area contributed by atoms with Gasteiger partial charge < -0.3 is 4.74 Å². The molecule has 76 valence electrons. The average Bonchev–Trinajstić information content (AvgIpc) is 2.29. The van der Waals surface area contributed by atoms with Crippen LogP contribution in [0.1, 0.15) is 0 Å². The predicted octanol–water partition coefficient (Wildman–Crippen LogP) is 2.98. The van der Waals surface area contributed by atoms with Crippen LogP contribution in [0.5, 0.6) is 5.75 Å². The van der Waals surface area contributed by atoms with Crippen molar-refractivity contribution in [3.8, 4) is 5.75 Å². The molecule has 0 heterocycles. The number of esters is 1. The standard InChI is InChI=1S/C12H9ClO2/c13-8-12(14)15-11-7-3-5-9-4-1-2-6-10(9)11/h1-7H,8H2. The Kier molecular flexibility index (Phi) is 2.88. The van der Waals surface area contributed by atoms with Crippen molar-refractivity contribution in [2.24, 2.45) is 0 Å². The lowest BCUT2D eigenvalue weighted by Gasteiger charge is -2.05. The van der Waals surface area contributed by atoms with E-state index in [0.29, 0.717) is 5.75 Å². The zero-order valence-electron chi connectivity index (χ0n) is 7.94. The van der Waals surface area contributed by atoms with Gasteiger partial charge in [0.1, 0.15) is 11.6 Å². The molecule has 0 saturated heterocycles.